The maximum Gasteiger partial charge on any atom is 0.414 e. The lowest BCUT2D eigenvalue weighted by Crippen LogP contribution is -2.45. The summed E-state index contributed by atoms with van der Waals surface area (Å²) in [6, 6.07) is 16.3. The van der Waals surface area contributed by atoms with E-state index in [1.165, 1.54) is 18.4 Å². The highest BCUT2D eigenvalue weighted by Gasteiger charge is 2.42. The zero-order valence-corrected chi connectivity index (χ0v) is 15.0. The number of para-hydroxylation sites is 1. The smallest absolute Gasteiger partial charge is 0.414 e. The van der Waals surface area contributed by atoms with Crippen LogP contribution >= 0.6 is 15.9 Å². The van der Waals surface area contributed by atoms with Crippen LogP contribution in [0.4, 0.5) is 10.5 Å². The Bertz CT molecular complexity index is 743. The Labute approximate surface area is 150 Å². The molecule has 3 nitrogen and oxygen atoms in total. The van der Waals surface area contributed by atoms with Crippen molar-refractivity contribution in [3.8, 4) is 0 Å². The van der Waals surface area contributed by atoms with Gasteiger partial charge >= 0.3 is 6.09 Å². The van der Waals surface area contributed by atoms with Gasteiger partial charge in [0.15, 0.2) is 0 Å². The number of hydrogen-bond donors (Lipinski definition) is 0. The second kappa shape index (κ2) is 6.60. The monoisotopic (exact) mass is 385 g/mol. The van der Waals surface area contributed by atoms with Crippen LogP contribution in [0.1, 0.15) is 30.4 Å². The Kier molecular flexibility index (Phi) is 4.31. The molecular weight excluding hydrogens is 366 g/mol. The van der Waals surface area contributed by atoms with Crippen LogP contribution in [0, 0.1) is 5.92 Å². The zero-order valence-electron chi connectivity index (χ0n) is 13.5. The number of hydrogen-bond acceptors (Lipinski definition) is 2. The van der Waals surface area contributed by atoms with E-state index in [9.17, 15) is 4.79 Å². The van der Waals surface area contributed by atoms with E-state index < -0.39 is 0 Å². The van der Waals surface area contributed by atoms with Crippen molar-refractivity contribution >= 4 is 27.7 Å². The summed E-state index contributed by atoms with van der Waals surface area (Å²) in [7, 11) is 0. The SMILES string of the molecule is O=C(OCc1ccccc1)N1c2c(Br)cccc2CCC1C1CC1. The van der Waals surface area contributed by atoms with Gasteiger partial charge in [0, 0.05) is 10.5 Å². The third kappa shape index (κ3) is 3.07. The summed E-state index contributed by atoms with van der Waals surface area (Å²) in [5, 5.41) is 0. The highest BCUT2D eigenvalue weighted by atomic mass is 79.9. The Morgan fingerprint density at radius 1 is 1.08 bits per heavy atom. The second-order valence-electron chi connectivity index (χ2n) is 6.60. The number of carbonyl (C=O) groups is 1. The molecule has 0 bridgehead atoms. The molecule has 1 aliphatic heterocycles. The van der Waals surface area contributed by atoms with Crippen molar-refractivity contribution in [2.75, 3.05) is 4.90 Å². The quantitative estimate of drug-likeness (QED) is 0.715. The molecule has 1 amide bonds. The van der Waals surface area contributed by atoms with Gasteiger partial charge in [0.05, 0.1) is 5.69 Å². The third-order valence-electron chi connectivity index (χ3n) is 4.92. The van der Waals surface area contributed by atoms with Crippen molar-refractivity contribution in [2.24, 2.45) is 5.92 Å². The summed E-state index contributed by atoms with van der Waals surface area (Å²) in [6.45, 7) is 0.313. The molecule has 0 N–H and O–H groups in total. The minimum Gasteiger partial charge on any atom is -0.444 e. The van der Waals surface area contributed by atoms with Crippen LogP contribution in [0.15, 0.2) is 53.0 Å². The molecule has 0 aromatic heterocycles. The number of benzene rings is 2. The van der Waals surface area contributed by atoms with Crippen LogP contribution in [0.5, 0.6) is 0 Å². The van der Waals surface area contributed by atoms with Crippen molar-refractivity contribution < 1.29 is 9.53 Å². The maximum absolute atomic E-state index is 12.9. The first-order valence-electron chi connectivity index (χ1n) is 8.51. The van der Waals surface area contributed by atoms with Crippen molar-refractivity contribution in [1.29, 1.82) is 0 Å². The number of amides is 1. The van der Waals surface area contributed by atoms with Gasteiger partial charge in [-0.3, -0.25) is 4.90 Å². The average Bonchev–Trinajstić information content (AvgIpc) is 3.45. The molecule has 24 heavy (non-hydrogen) atoms. The van der Waals surface area contributed by atoms with E-state index in [2.05, 4.69) is 22.0 Å². The number of fused-ring (bicyclic) bond motifs is 1. The van der Waals surface area contributed by atoms with Gasteiger partial charge in [0.25, 0.3) is 0 Å². The summed E-state index contributed by atoms with van der Waals surface area (Å²) < 4.78 is 6.63. The van der Waals surface area contributed by atoms with Gasteiger partial charge < -0.3 is 4.74 Å². The highest BCUT2D eigenvalue weighted by molar-refractivity contribution is 9.10. The molecule has 0 spiro atoms. The number of carbonyl (C=O) groups excluding carboxylic acids is 1. The van der Waals surface area contributed by atoms with E-state index >= 15 is 0 Å². The fraction of sp³-hybridized carbons (Fsp3) is 0.350. The minimum absolute atomic E-state index is 0.233. The van der Waals surface area contributed by atoms with Gasteiger partial charge in [0.2, 0.25) is 0 Å². The Morgan fingerprint density at radius 2 is 1.88 bits per heavy atom. The van der Waals surface area contributed by atoms with Crippen molar-refractivity contribution in [1.82, 2.24) is 0 Å². The molecule has 1 atom stereocenters. The lowest BCUT2D eigenvalue weighted by atomic mass is 9.93. The summed E-state index contributed by atoms with van der Waals surface area (Å²) in [5.74, 6) is 0.620. The van der Waals surface area contributed by atoms with Gasteiger partial charge in [-0.15, -0.1) is 0 Å². The molecule has 0 radical (unpaired) electrons. The predicted molar refractivity (Wildman–Crippen MR) is 98.1 cm³/mol. The van der Waals surface area contributed by atoms with Crippen LogP contribution in [-0.2, 0) is 17.8 Å². The molecule has 2 aliphatic rings. The van der Waals surface area contributed by atoms with E-state index in [0.717, 1.165) is 28.6 Å². The van der Waals surface area contributed by atoms with Crippen molar-refractivity contribution in [2.45, 2.75) is 38.3 Å². The fourth-order valence-corrected chi connectivity index (χ4v) is 4.17. The Balaban J connectivity index is 1.59. The number of rotatable bonds is 3. The van der Waals surface area contributed by atoms with Crippen LogP contribution in [0.2, 0.25) is 0 Å². The van der Waals surface area contributed by atoms with Crippen LogP contribution in [0.25, 0.3) is 0 Å². The van der Waals surface area contributed by atoms with E-state index in [4.69, 9.17) is 4.74 Å². The number of halogens is 1. The first kappa shape index (κ1) is 15.7. The summed E-state index contributed by atoms with van der Waals surface area (Å²) in [4.78, 5) is 14.8. The fourth-order valence-electron chi connectivity index (χ4n) is 3.57. The molecule has 4 rings (SSSR count). The molecule has 1 fully saturated rings. The van der Waals surface area contributed by atoms with Crippen LogP contribution in [-0.4, -0.2) is 12.1 Å². The number of aryl methyl sites for hydroxylation is 1. The number of nitrogens with zero attached hydrogens (tertiary/aromatic N) is 1. The Hall–Kier alpha value is -1.81. The molecule has 2 aromatic rings. The molecule has 4 heteroatoms. The number of ether oxygens (including phenoxy) is 1. The van der Waals surface area contributed by atoms with Crippen LogP contribution in [0.3, 0.4) is 0 Å². The van der Waals surface area contributed by atoms with Crippen molar-refractivity contribution in [3.05, 3.63) is 64.1 Å². The lowest BCUT2D eigenvalue weighted by molar-refractivity contribution is 0.142. The van der Waals surface area contributed by atoms with Gasteiger partial charge in [-0.1, -0.05) is 42.5 Å². The summed E-state index contributed by atoms with van der Waals surface area (Å²) >= 11 is 3.63. The molecule has 1 heterocycles. The van der Waals surface area contributed by atoms with Gasteiger partial charge in [0.1, 0.15) is 6.61 Å². The predicted octanol–water partition coefficient (Wildman–Crippen LogP) is 5.32. The number of anilines is 1. The molecule has 124 valence electrons. The summed E-state index contributed by atoms with van der Waals surface area (Å²) in [6.07, 6.45) is 4.25. The van der Waals surface area contributed by atoms with Gasteiger partial charge in [-0.25, -0.2) is 4.79 Å². The lowest BCUT2D eigenvalue weighted by Gasteiger charge is -2.37. The standard InChI is InChI=1S/C20H20BrNO2/c21-17-8-4-7-16-11-12-18(15-9-10-15)22(19(16)17)20(23)24-13-14-5-2-1-3-6-14/h1-8,15,18H,9-13H2. The normalized spacial score (nSPS) is 19.7. The molecule has 1 aliphatic carbocycles. The first-order valence-corrected chi connectivity index (χ1v) is 9.30. The Morgan fingerprint density at radius 3 is 2.62 bits per heavy atom. The zero-order chi connectivity index (χ0) is 16.5. The van der Waals surface area contributed by atoms with E-state index in [1.807, 2.05) is 47.4 Å². The molecule has 0 saturated heterocycles. The summed E-state index contributed by atoms with van der Waals surface area (Å²) in [5.41, 5.74) is 3.23. The first-order chi connectivity index (χ1) is 11.7. The van der Waals surface area contributed by atoms with E-state index in [0.29, 0.717) is 12.5 Å². The van der Waals surface area contributed by atoms with E-state index in [-0.39, 0.29) is 12.1 Å². The second-order valence-corrected chi connectivity index (χ2v) is 7.46. The molecular formula is C20H20BrNO2. The molecule has 1 unspecified atom stereocenters. The topological polar surface area (TPSA) is 29.5 Å². The van der Waals surface area contributed by atoms with Gasteiger partial charge in [-0.05, 0) is 64.7 Å². The largest absolute Gasteiger partial charge is 0.444 e. The van der Waals surface area contributed by atoms with Crippen LogP contribution < -0.4 is 4.90 Å². The highest BCUT2D eigenvalue weighted by Crippen LogP contribution is 2.45. The molecule has 2 aromatic carbocycles. The van der Waals surface area contributed by atoms with Gasteiger partial charge in [-0.2, -0.15) is 0 Å². The third-order valence-corrected chi connectivity index (χ3v) is 5.56. The van der Waals surface area contributed by atoms with E-state index in [1.54, 1.807) is 0 Å². The maximum atomic E-state index is 12.9. The molecule has 1 saturated carbocycles. The average molecular weight is 386 g/mol. The minimum atomic E-state index is -0.233. The van der Waals surface area contributed by atoms with Crippen molar-refractivity contribution in [3.63, 3.8) is 0 Å².